The zero-order valence-electron chi connectivity index (χ0n) is 11.7. The van der Waals surface area contributed by atoms with Crippen molar-refractivity contribution in [2.75, 3.05) is 13.1 Å². The van der Waals surface area contributed by atoms with E-state index >= 15 is 0 Å². The number of rotatable bonds is 6. The van der Waals surface area contributed by atoms with Crippen LogP contribution in [0, 0.1) is 17.8 Å². The molecule has 104 valence electrons. The summed E-state index contributed by atoms with van der Waals surface area (Å²) in [5.41, 5.74) is 0. The normalized spacial score (nSPS) is 25.2. The quantitative estimate of drug-likeness (QED) is 0.792. The highest BCUT2D eigenvalue weighted by molar-refractivity contribution is 5.80. The van der Waals surface area contributed by atoms with Crippen molar-refractivity contribution in [1.29, 1.82) is 0 Å². The first-order valence-corrected chi connectivity index (χ1v) is 7.02. The van der Waals surface area contributed by atoms with Crippen molar-refractivity contribution in [2.24, 2.45) is 17.8 Å². The summed E-state index contributed by atoms with van der Waals surface area (Å²) < 4.78 is 0. The Kier molecular flexibility index (Phi) is 5.63. The topological polar surface area (TPSA) is 57.6 Å². The standard InChI is InChI=1S/C14H25NO3/c1-4-6-7-11(5-2)13(16)15-8-10(3)12(9-15)14(17)18/h10-12H,4-9H2,1-3H3,(H,17,18)/t10-,11?,12-/m1/s1. The van der Waals surface area contributed by atoms with E-state index in [2.05, 4.69) is 6.92 Å². The van der Waals surface area contributed by atoms with E-state index in [9.17, 15) is 9.59 Å². The molecule has 18 heavy (non-hydrogen) atoms. The lowest BCUT2D eigenvalue weighted by molar-refractivity contribution is -0.142. The third kappa shape index (κ3) is 3.47. The number of aliphatic carboxylic acids is 1. The first-order valence-electron chi connectivity index (χ1n) is 7.02. The number of amides is 1. The van der Waals surface area contributed by atoms with Gasteiger partial charge in [-0.3, -0.25) is 9.59 Å². The first kappa shape index (κ1) is 15.0. The molecule has 1 heterocycles. The van der Waals surface area contributed by atoms with Crippen molar-refractivity contribution in [2.45, 2.75) is 46.5 Å². The SMILES string of the molecule is CCCCC(CC)C(=O)N1C[C@@H](C)[C@H](C(=O)O)C1. The van der Waals surface area contributed by atoms with Crippen LogP contribution >= 0.6 is 0 Å². The third-order valence-electron chi connectivity index (χ3n) is 3.99. The Bertz CT molecular complexity index is 303. The van der Waals surface area contributed by atoms with Gasteiger partial charge in [-0.2, -0.15) is 0 Å². The van der Waals surface area contributed by atoms with E-state index in [1.54, 1.807) is 4.90 Å². The van der Waals surface area contributed by atoms with Crippen LogP contribution in [0.2, 0.25) is 0 Å². The zero-order valence-corrected chi connectivity index (χ0v) is 11.7. The molecule has 1 aliphatic heterocycles. The smallest absolute Gasteiger partial charge is 0.308 e. The molecule has 0 aromatic heterocycles. The van der Waals surface area contributed by atoms with E-state index in [0.717, 1.165) is 25.7 Å². The molecule has 3 atom stereocenters. The minimum absolute atomic E-state index is 0.0649. The fourth-order valence-electron chi connectivity index (χ4n) is 2.68. The van der Waals surface area contributed by atoms with Gasteiger partial charge in [-0.15, -0.1) is 0 Å². The van der Waals surface area contributed by atoms with Crippen molar-refractivity contribution in [3.8, 4) is 0 Å². The number of hydrogen-bond acceptors (Lipinski definition) is 2. The van der Waals surface area contributed by atoms with Crippen LogP contribution in [0.4, 0.5) is 0 Å². The van der Waals surface area contributed by atoms with E-state index in [1.807, 2.05) is 13.8 Å². The molecule has 0 spiro atoms. The number of carbonyl (C=O) groups excluding carboxylic acids is 1. The molecule has 0 aromatic carbocycles. The Hall–Kier alpha value is -1.06. The van der Waals surface area contributed by atoms with Crippen molar-refractivity contribution in [1.82, 2.24) is 4.90 Å². The molecule has 0 aliphatic carbocycles. The van der Waals surface area contributed by atoms with Crippen molar-refractivity contribution in [3.05, 3.63) is 0 Å². The van der Waals surface area contributed by atoms with E-state index in [-0.39, 0.29) is 17.7 Å². The molecule has 1 N–H and O–H groups in total. The second-order valence-corrected chi connectivity index (χ2v) is 5.41. The van der Waals surface area contributed by atoms with Gasteiger partial charge in [-0.25, -0.2) is 0 Å². The van der Waals surface area contributed by atoms with Gasteiger partial charge in [-0.1, -0.05) is 33.6 Å². The predicted molar refractivity (Wildman–Crippen MR) is 70.2 cm³/mol. The molecular weight excluding hydrogens is 230 g/mol. The highest BCUT2D eigenvalue weighted by atomic mass is 16.4. The fraction of sp³-hybridized carbons (Fsp3) is 0.857. The Morgan fingerprint density at radius 3 is 2.44 bits per heavy atom. The Morgan fingerprint density at radius 2 is 2.00 bits per heavy atom. The van der Waals surface area contributed by atoms with Crippen LogP contribution < -0.4 is 0 Å². The van der Waals surface area contributed by atoms with Gasteiger partial charge in [0.15, 0.2) is 0 Å². The summed E-state index contributed by atoms with van der Waals surface area (Å²) in [4.78, 5) is 25.1. The maximum atomic E-state index is 12.3. The van der Waals surface area contributed by atoms with Gasteiger partial charge in [-0.05, 0) is 18.8 Å². The summed E-state index contributed by atoms with van der Waals surface area (Å²) in [5.74, 6) is -0.876. The van der Waals surface area contributed by atoms with E-state index in [4.69, 9.17) is 5.11 Å². The lowest BCUT2D eigenvalue weighted by Gasteiger charge is -2.22. The molecule has 1 saturated heterocycles. The van der Waals surface area contributed by atoms with Gasteiger partial charge >= 0.3 is 5.97 Å². The third-order valence-corrected chi connectivity index (χ3v) is 3.99. The molecule has 1 aliphatic rings. The number of carboxylic acids is 1. The fourth-order valence-corrected chi connectivity index (χ4v) is 2.68. The molecule has 1 amide bonds. The van der Waals surface area contributed by atoms with Gasteiger partial charge in [0.1, 0.15) is 0 Å². The molecule has 0 radical (unpaired) electrons. The van der Waals surface area contributed by atoms with Gasteiger partial charge < -0.3 is 10.0 Å². The van der Waals surface area contributed by atoms with Crippen LogP contribution in [0.5, 0.6) is 0 Å². The molecule has 1 fully saturated rings. The monoisotopic (exact) mass is 255 g/mol. The zero-order chi connectivity index (χ0) is 13.7. The van der Waals surface area contributed by atoms with Gasteiger partial charge in [0.2, 0.25) is 5.91 Å². The predicted octanol–water partition coefficient (Wildman–Crippen LogP) is 2.38. The minimum atomic E-state index is -0.778. The molecule has 1 rings (SSSR count). The average molecular weight is 255 g/mol. The van der Waals surface area contributed by atoms with Crippen LogP contribution in [0.3, 0.4) is 0 Å². The summed E-state index contributed by atoms with van der Waals surface area (Å²) in [6.07, 6.45) is 3.93. The lowest BCUT2D eigenvalue weighted by atomic mass is 9.98. The molecule has 1 unspecified atom stereocenters. The highest BCUT2D eigenvalue weighted by Gasteiger charge is 2.38. The second kappa shape index (κ2) is 6.76. The van der Waals surface area contributed by atoms with Crippen molar-refractivity contribution in [3.63, 3.8) is 0 Å². The lowest BCUT2D eigenvalue weighted by Crippen LogP contribution is -2.35. The maximum absolute atomic E-state index is 12.3. The number of unbranched alkanes of at least 4 members (excludes halogenated alkanes) is 1. The van der Waals surface area contributed by atoms with Crippen LogP contribution in [-0.2, 0) is 9.59 Å². The number of hydrogen-bond donors (Lipinski definition) is 1. The summed E-state index contributed by atoms with van der Waals surface area (Å²) in [5, 5.41) is 9.08. The van der Waals surface area contributed by atoms with E-state index in [1.165, 1.54) is 0 Å². The van der Waals surface area contributed by atoms with Crippen LogP contribution in [0.25, 0.3) is 0 Å². The molecule has 0 bridgehead atoms. The Balaban J connectivity index is 2.59. The molecule has 4 heteroatoms. The van der Waals surface area contributed by atoms with Gasteiger partial charge in [0, 0.05) is 19.0 Å². The maximum Gasteiger partial charge on any atom is 0.308 e. The van der Waals surface area contributed by atoms with E-state index < -0.39 is 11.9 Å². The molecule has 0 saturated carbocycles. The molecular formula is C14H25NO3. The van der Waals surface area contributed by atoms with Crippen LogP contribution in [0.1, 0.15) is 46.5 Å². The second-order valence-electron chi connectivity index (χ2n) is 5.41. The largest absolute Gasteiger partial charge is 0.481 e. The number of nitrogens with zero attached hydrogens (tertiary/aromatic N) is 1. The van der Waals surface area contributed by atoms with Crippen LogP contribution in [-0.4, -0.2) is 35.0 Å². The Labute approximate surface area is 109 Å². The number of carboxylic acid groups (broad SMARTS) is 1. The van der Waals surface area contributed by atoms with Crippen molar-refractivity contribution >= 4 is 11.9 Å². The average Bonchev–Trinajstić information content (AvgIpc) is 2.72. The molecule has 4 nitrogen and oxygen atoms in total. The number of likely N-dealkylation sites (tertiary alicyclic amines) is 1. The summed E-state index contributed by atoms with van der Waals surface area (Å²) >= 11 is 0. The number of carbonyl (C=O) groups is 2. The van der Waals surface area contributed by atoms with Crippen LogP contribution in [0.15, 0.2) is 0 Å². The summed E-state index contributed by atoms with van der Waals surface area (Å²) in [6, 6.07) is 0. The summed E-state index contributed by atoms with van der Waals surface area (Å²) in [6.45, 7) is 7.05. The first-order chi connectivity index (χ1) is 8.51. The van der Waals surface area contributed by atoms with Gasteiger partial charge in [0.05, 0.1) is 5.92 Å². The van der Waals surface area contributed by atoms with E-state index in [0.29, 0.717) is 13.1 Å². The molecule has 0 aromatic rings. The minimum Gasteiger partial charge on any atom is -0.481 e. The highest BCUT2D eigenvalue weighted by Crippen LogP contribution is 2.26. The summed E-state index contributed by atoms with van der Waals surface area (Å²) in [7, 11) is 0. The van der Waals surface area contributed by atoms with Crippen molar-refractivity contribution < 1.29 is 14.7 Å². The van der Waals surface area contributed by atoms with Gasteiger partial charge in [0.25, 0.3) is 0 Å². The Morgan fingerprint density at radius 1 is 1.33 bits per heavy atom.